The molecule has 0 bridgehead atoms. The Balaban J connectivity index is 1.80. The third kappa shape index (κ3) is 3.88. The predicted octanol–water partition coefficient (Wildman–Crippen LogP) is 2.70. The van der Waals surface area contributed by atoms with Crippen LogP contribution in [0.4, 0.5) is 5.69 Å². The van der Waals surface area contributed by atoms with Crippen molar-refractivity contribution in [3.63, 3.8) is 0 Å². The summed E-state index contributed by atoms with van der Waals surface area (Å²) in [6.07, 6.45) is 1.78. The van der Waals surface area contributed by atoms with Crippen LogP contribution in [0.15, 0.2) is 12.1 Å². The molecule has 2 aliphatic rings. The van der Waals surface area contributed by atoms with Gasteiger partial charge in [0, 0.05) is 18.2 Å². The van der Waals surface area contributed by atoms with Crippen LogP contribution in [0.3, 0.4) is 0 Å². The summed E-state index contributed by atoms with van der Waals surface area (Å²) in [5, 5.41) is 11.4. The van der Waals surface area contributed by atoms with E-state index in [2.05, 4.69) is 0 Å². The lowest BCUT2D eigenvalue weighted by atomic mass is 9.97. The largest absolute Gasteiger partial charge is 0.486 e. The van der Waals surface area contributed by atoms with E-state index in [4.69, 9.17) is 14.2 Å². The fourth-order valence-corrected chi connectivity index (χ4v) is 3.73. The second kappa shape index (κ2) is 8.04. The van der Waals surface area contributed by atoms with E-state index >= 15 is 0 Å². The molecule has 3 rings (SSSR count). The zero-order valence-corrected chi connectivity index (χ0v) is 16.2. The first-order valence-electron chi connectivity index (χ1n) is 9.40. The van der Waals surface area contributed by atoms with Crippen molar-refractivity contribution < 1.29 is 28.7 Å². The summed E-state index contributed by atoms with van der Waals surface area (Å²) in [4.78, 5) is 37.9. The zero-order valence-electron chi connectivity index (χ0n) is 16.2. The number of nitro benzene ring substituents is 1. The molecule has 1 amide bonds. The SMILES string of the molecule is C[C@@H]1CCC[C@H](C)N1C(=O)[C@@H](C)OC(=O)c1cc2c(cc1[N+](=O)[O-])OCCO2. The summed E-state index contributed by atoms with van der Waals surface area (Å²) in [7, 11) is 0. The summed E-state index contributed by atoms with van der Waals surface area (Å²) < 4.78 is 16.0. The number of hydrogen-bond acceptors (Lipinski definition) is 7. The molecule has 152 valence electrons. The maximum absolute atomic E-state index is 12.8. The summed E-state index contributed by atoms with van der Waals surface area (Å²) in [5.74, 6) is -0.800. The van der Waals surface area contributed by atoms with Gasteiger partial charge in [0.15, 0.2) is 17.6 Å². The molecule has 0 aromatic heterocycles. The molecule has 9 heteroatoms. The second-order valence-corrected chi connectivity index (χ2v) is 7.19. The van der Waals surface area contributed by atoms with Gasteiger partial charge in [0.1, 0.15) is 18.8 Å². The molecule has 0 aliphatic carbocycles. The molecule has 2 aliphatic heterocycles. The van der Waals surface area contributed by atoms with E-state index < -0.39 is 22.7 Å². The van der Waals surface area contributed by atoms with Crippen molar-refractivity contribution in [2.24, 2.45) is 0 Å². The molecule has 1 aromatic rings. The Labute approximate surface area is 162 Å². The van der Waals surface area contributed by atoms with Crippen LogP contribution in [0.1, 0.15) is 50.4 Å². The number of hydrogen-bond donors (Lipinski definition) is 0. The lowest BCUT2D eigenvalue weighted by Crippen LogP contribution is -2.51. The summed E-state index contributed by atoms with van der Waals surface area (Å²) in [6.45, 7) is 5.96. The van der Waals surface area contributed by atoms with Crippen LogP contribution in [0.5, 0.6) is 11.5 Å². The normalized spacial score (nSPS) is 22.3. The van der Waals surface area contributed by atoms with E-state index in [9.17, 15) is 19.7 Å². The van der Waals surface area contributed by atoms with Crippen molar-refractivity contribution in [2.45, 2.75) is 58.2 Å². The summed E-state index contributed by atoms with van der Waals surface area (Å²) in [6, 6.07) is 2.49. The van der Waals surface area contributed by atoms with Gasteiger partial charge in [-0.1, -0.05) is 0 Å². The number of fused-ring (bicyclic) bond motifs is 1. The minimum Gasteiger partial charge on any atom is -0.486 e. The number of amides is 1. The molecule has 3 atom stereocenters. The first kappa shape index (κ1) is 19.9. The summed E-state index contributed by atoms with van der Waals surface area (Å²) in [5.41, 5.74) is -0.720. The number of ether oxygens (including phenoxy) is 3. The zero-order chi connectivity index (χ0) is 20.4. The Morgan fingerprint density at radius 1 is 1.18 bits per heavy atom. The fraction of sp³-hybridized carbons (Fsp3) is 0.579. The molecule has 0 N–H and O–H groups in total. The average Bonchev–Trinajstić information content (AvgIpc) is 2.66. The standard InChI is InChI=1S/C19H24N2O7/c1-11-5-4-6-12(2)20(11)18(22)13(3)28-19(23)14-9-16-17(27-8-7-26-16)10-15(14)21(24)25/h9-13H,4-8H2,1-3H3/t11-,12+,13-/m1/s1. The lowest BCUT2D eigenvalue weighted by molar-refractivity contribution is -0.385. The number of nitro groups is 1. The number of carbonyl (C=O) groups is 2. The molecule has 1 saturated heterocycles. The average molecular weight is 392 g/mol. The Morgan fingerprint density at radius 2 is 1.75 bits per heavy atom. The summed E-state index contributed by atoms with van der Waals surface area (Å²) >= 11 is 0. The quantitative estimate of drug-likeness (QED) is 0.440. The van der Waals surface area contributed by atoms with E-state index in [1.54, 1.807) is 4.90 Å². The second-order valence-electron chi connectivity index (χ2n) is 7.19. The first-order chi connectivity index (χ1) is 13.3. The van der Waals surface area contributed by atoms with Crippen LogP contribution in [0.25, 0.3) is 0 Å². The Hall–Kier alpha value is -2.84. The maximum atomic E-state index is 12.8. The minimum atomic E-state index is -1.05. The minimum absolute atomic E-state index is 0.0565. The maximum Gasteiger partial charge on any atom is 0.346 e. The third-order valence-corrected chi connectivity index (χ3v) is 5.16. The highest BCUT2D eigenvalue weighted by Gasteiger charge is 2.35. The highest BCUT2D eigenvalue weighted by atomic mass is 16.6. The highest BCUT2D eigenvalue weighted by Crippen LogP contribution is 2.37. The van der Waals surface area contributed by atoms with Crippen LogP contribution >= 0.6 is 0 Å². The molecular formula is C19H24N2O7. The Morgan fingerprint density at radius 3 is 2.32 bits per heavy atom. The predicted molar refractivity (Wildman–Crippen MR) is 98.6 cm³/mol. The number of esters is 1. The van der Waals surface area contributed by atoms with Crippen molar-refractivity contribution >= 4 is 17.6 Å². The molecule has 2 heterocycles. The molecule has 1 aromatic carbocycles. The van der Waals surface area contributed by atoms with Gasteiger partial charge in [-0.25, -0.2) is 4.79 Å². The molecule has 9 nitrogen and oxygen atoms in total. The first-order valence-corrected chi connectivity index (χ1v) is 9.40. The van der Waals surface area contributed by atoms with E-state index in [0.717, 1.165) is 25.3 Å². The van der Waals surface area contributed by atoms with E-state index in [1.165, 1.54) is 13.0 Å². The van der Waals surface area contributed by atoms with E-state index in [1.807, 2.05) is 13.8 Å². The van der Waals surface area contributed by atoms with Crippen molar-refractivity contribution in [3.8, 4) is 11.5 Å². The van der Waals surface area contributed by atoms with E-state index in [0.29, 0.717) is 0 Å². The smallest absolute Gasteiger partial charge is 0.346 e. The number of likely N-dealkylation sites (tertiary alicyclic amines) is 1. The van der Waals surface area contributed by atoms with Gasteiger partial charge in [0.2, 0.25) is 0 Å². The van der Waals surface area contributed by atoms with Crippen molar-refractivity contribution in [2.75, 3.05) is 13.2 Å². The van der Waals surface area contributed by atoms with Crippen LogP contribution in [-0.2, 0) is 9.53 Å². The van der Waals surface area contributed by atoms with Crippen molar-refractivity contribution in [3.05, 3.63) is 27.8 Å². The Bertz CT molecular complexity index is 785. The molecule has 0 unspecified atom stereocenters. The van der Waals surface area contributed by atoms with Gasteiger partial charge < -0.3 is 19.1 Å². The number of rotatable bonds is 4. The number of carbonyl (C=O) groups excluding carboxylic acids is 2. The molecule has 0 radical (unpaired) electrons. The van der Waals surface area contributed by atoms with Gasteiger partial charge in [0.25, 0.3) is 11.6 Å². The van der Waals surface area contributed by atoms with Gasteiger partial charge in [-0.15, -0.1) is 0 Å². The molecular weight excluding hydrogens is 368 g/mol. The van der Waals surface area contributed by atoms with Gasteiger partial charge in [-0.05, 0) is 40.0 Å². The number of benzene rings is 1. The monoisotopic (exact) mass is 392 g/mol. The van der Waals surface area contributed by atoms with Crippen molar-refractivity contribution in [1.82, 2.24) is 4.90 Å². The number of nitrogens with zero attached hydrogens (tertiary/aromatic N) is 2. The van der Waals surface area contributed by atoms with Crippen molar-refractivity contribution in [1.29, 1.82) is 0 Å². The molecule has 1 fully saturated rings. The van der Waals surface area contributed by atoms with Gasteiger partial charge in [-0.2, -0.15) is 0 Å². The highest BCUT2D eigenvalue weighted by molar-refractivity contribution is 5.96. The topological polar surface area (TPSA) is 108 Å². The van der Waals surface area contributed by atoms with E-state index in [-0.39, 0.29) is 48.3 Å². The van der Waals surface area contributed by atoms with Gasteiger partial charge in [0.05, 0.1) is 11.0 Å². The lowest BCUT2D eigenvalue weighted by Gasteiger charge is -2.40. The Kier molecular flexibility index (Phi) is 5.71. The van der Waals surface area contributed by atoms with Crippen LogP contribution in [0.2, 0.25) is 0 Å². The molecule has 0 saturated carbocycles. The molecule has 28 heavy (non-hydrogen) atoms. The van der Waals surface area contributed by atoms with Crippen LogP contribution in [0, 0.1) is 10.1 Å². The van der Waals surface area contributed by atoms with Crippen LogP contribution < -0.4 is 9.47 Å². The van der Waals surface area contributed by atoms with Gasteiger partial charge in [-0.3, -0.25) is 14.9 Å². The molecule has 0 spiro atoms. The fourth-order valence-electron chi connectivity index (χ4n) is 3.73. The van der Waals surface area contributed by atoms with Crippen LogP contribution in [-0.4, -0.2) is 53.1 Å². The third-order valence-electron chi connectivity index (χ3n) is 5.16. The number of piperidine rings is 1. The van der Waals surface area contributed by atoms with Gasteiger partial charge >= 0.3 is 5.97 Å².